The van der Waals surface area contributed by atoms with Gasteiger partial charge in [-0.05, 0) is 25.1 Å². The monoisotopic (exact) mass is 455 g/mol. The van der Waals surface area contributed by atoms with Crippen molar-refractivity contribution in [3.05, 3.63) is 47.2 Å². The van der Waals surface area contributed by atoms with Crippen LogP contribution in [0.2, 0.25) is 0 Å². The summed E-state index contributed by atoms with van der Waals surface area (Å²) in [6.07, 6.45) is -5.18. The molecule has 1 aliphatic rings. The number of aromatic nitrogens is 2. The number of carbonyl (C=O) groups excluding carboxylic acids is 1. The Morgan fingerprint density at radius 2 is 2.06 bits per heavy atom. The molecule has 170 valence electrons. The Balaban J connectivity index is 1.78. The van der Waals surface area contributed by atoms with Crippen LogP contribution in [0, 0.1) is 12.8 Å². The first kappa shape index (κ1) is 22.1. The second-order valence-corrected chi connectivity index (χ2v) is 7.72. The highest BCUT2D eigenvalue weighted by atomic mass is 19.4. The fraction of sp³-hybridized carbons (Fsp3) is 0.381. The van der Waals surface area contributed by atoms with Crippen LogP contribution in [0.1, 0.15) is 28.0 Å². The number of rotatable bonds is 3. The summed E-state index contributed by atoms with van der Waals surface area (Å²) in [5.74, 6) is -5.13. The molecule has 2 aromatic heterocycles. The molecule has 1 amide bonds. The molecule has 0 aliphatic carbocycles. The highest BCUT2D eigenvalue weighted by molar-refractivity contribution is 6.07. The molecule has 1 aliphatic heterocycles. The molecular formula is C21H18F5N3O3. The number of likely N-dealkylation sites (tertiary alicyclic amines) is 1. The SMILES string of the molecule is Cc1noc2nc(-c3cccc(C(F)(F)F)c3)cc(C(=O)N3CCC(F)(F)C(CO)C3)c12. The number of aliphatic hydroxyl groups is 1. The number of aryl methyl sites for hydroxylation is 1. The molecule has 1 fully saturated rings. The van der Waals surface area contributed by atoms with Crippen LogP contribution >= 0.6 is 0 Å². The van der Waals surface area contributed by atoms with Gasteiger partial charge in [0.2, 0.25) is 0 Å². The largest absolute Gasteiger partial charge is 0.416 e. The Bertz CT molecular complexity index is 1180. The molecule has 0 saturated carbocycles. The number of fused-ring (bicyclic) bond motifs is 1. The van der Waals surface area contributed by atoms with E-state index in [1.165, 1.54) is 23.1 Å². The second-order valence-electron chi connectivity index (χ2n) is 7.72. The van der Waals surface area contributed by atoms with E-state index < -0.39 is 42.5 Å². The number of pyridine rings is 1. The number of halogens is 5. The van der Waals surface area contributed by atoms with E-state index in [-0.39, 0.29) is 41.0 Å². The van der Waals surface area contributed by atoms with Crippen molar-refractivity contribution in [2.45, 2.75) is 25.4 Å². The zero-order valence-electron chi connectivity index (χ0n) is 16.8. The van der Waals surface area contributed by atoms with Crippen molar-refractivity contribution in [1.29, 1.82) is 0 Å². The van der Waals surface area contributed by atoms with Gasteiger partial charge in [-0.1, -0.05) is 17.3 Å². The summed E-state index contributed by atoms with van der Waals surface area (Å²) >= 11 is 0. The Hall–Kier alpha value is -3.08. The summed E-state index contributed by atoms with van der Waals surface area (Å²) in [6.45, 7) is 0.171. The number of nitrogens with zero attached hydrogens (tertiary/aromatic N) is 3. The first-order valence-corrected chi connectivity index (χ1v) is 9.74. The van der Waals surface area contributed by atoms with E-state index in [1.807, 2.05) is 0 Å². The lowest BCUT2D eigenvalue weighted by Gasteiger charge is -2.37. The fourth-order valence-electron chi connectivity index (χ4n) is 3.79. The molecule has 1 atom stereocenters. The highest BCUT2D eigenvalue weighted by Crippen LogP contribution is 2.36. The van der Waals surface area contributed by atoms with Crippen LogP contribution in [0.5, 0.6) is 0 Å². The third-order valence-electron chi connectivity index (χ3n) is 5.59. The number of hydrogen-bond acceptors (Lipinski definition) is 5. The van der Waals surface area contributed by atoms with Crippen LogP contribution in [-0.2, 0) is 6.18 Å². The molecule has 1 aromatic carbocycles. The van der Waals surface area contributed by atoms with Gasteiger partial charge in [-0.15, -0.1) is 0 Å². The van der Waals surface area contributed by atoms with Crippen LogP contribution < -0.4 is 0 Å². The van der Waals surface area contributed by atoms with E-state index in [2.05, 4.69) is 10.1 Å². The van der Waals surface area contributed by atoms with Gasteiger partial charge in [0, 0.05) is 25.1 Å². The van der Waals surface area contributed by atoms with Gasteiger partial charge in [-0.25, -0.2) is 13.8 Å². The molecule has 6 nitrogen and oxygen atoms in total. The zero-order chi connectivity index (χ0) is 23.3. The highest BCUT2D eigenvalue weighted by Gasteiger charge is 2.45. The summed E-state index contributed by atoms with van der Waals surface area (Å²) in [6, 6.07) is 5.75. The number of aliphatic hydroxyl groups excluding tert-OH is 1. The van der Waals surface area contributed by atoms with Gasteiger partial charge < -0.3 is 14.5 Å². The van der Waals surface area contributed by atoms with E-state index in [0.717, 1.165) is 12.1 Å². The number of hydrogen-bond donors (Lipinski definition) is 1. The van der Waals surface area contributed by atoms with Gasteiger partial charge in [0.05, 0.1) is 40.4 Å². The summed E-state index contributed by atoms with van der Waals surface area (Å²) in [5.41, 5.74) is -0.438. The van der Waals surface area contributed by atoms with Gasteiger partial charge in [-0.2, -0.15) is 13.2 Å². The summed E-state index contributed by atoms with van der Waals surface area (Å²) in [5, 5.41) is 13.4. The predicted molar refractivity (Wildman–Crippen MR) is 103 cm³/mol. The van der Waals surface area contributed by atoms with E-state index in [1.54, 1.807) is 6.92 Å². The Labute approximate surface area is 178 Å². The van der Waals surface area contributed by atoms with Crippen molar-refractivity contribution in [2.24, 2.45) is 5.92 Å². The third kappa shape index (κ3) is 3.92. The lowest BCUT2D eigenvalue weighted by Crippen LogP contribution is -2.50. The van der Waals surface area contributed by atoms with Gasteiger partial charge in [0.15, 0.2) is 0 Å². The quantitative estimate of drug-likeness (QED) is 0.596. The van der Waals surface area contributed by atoms with Crippen molar-refractivity contribution in [3.63, 3.8) is 0 Å². The minimum Gasteiger partial charge on any atom is -0.396 e. The smallest absolute Gasteiger partial charge is 0.396 e. The Kier molecular flexibility index (Phi) is 5.40. The van der Waals surface area contributed by atoms with Crippen molar-refractivity contribution in [3.8, 4) is 11.3 Å². The summed E-state index contributed by atoms with van der Waals surface area (Å²) in [7, 11) is 0. The number of alkyl halides is 5. The van der Waals surface area contributed by atoms with Crippen molar-refractivity contribution in [2.75, 3.05) is 19.7 Å². The first-order valence-electron chi connectivity index (χ1n) is 9.74. The molecule has 11 heteroatoms. The molecule has 1 unspecified atom stereocenters. The Morgan fingerprint density at radius 3 is 2.75 bits per heavy atom. The maximum Gasteiger partial charge on any atom is 0.416 e. The number of amides is 1. The topological polar surface area (TPSA) is 79.5 Å². The first-order chi connectivity index (χ1) is 15.0. The van der Waals surface area contributed by atoms with Crippen molar-refractivity contribution < 1.29 is 36.4 Å². The maximum atomic E-state index is 14.0. The molecule has 0 spiro atoms. The molecule has 1 saturated heterocycles. The standard InChI is InChI=1S/C21H18F5N3O3/c1-11-17-15(19(31)29-6-5-20(22,23)14(9-29)10-30)8-16(27-18(17)32-28-11)12-3-2-4-13(7-12)21(24,25)26/h2-4,7-8,14,30H,5-6,9-10H2,1H3. The summed E-state index contributed by atoms with van der Waals surface area (Å²) < 4.78 is 72.5. The molecule has 3 aromatic rings. The molecule has 3 heterocycles. The van der Waals surface area contributed by atoms with Crippen molar-refractivity contribution in [1.82, 2.24) is 15.0 Å². The van der Waals surface area contributed by atoms with Crippen LogP contribution in [0.3, 0.4) is 0 Å². The second kappa shape index (κ2) is 7.80. The fourth-order valence-corrected chi connectivity index (χ4v) is 3.79. The average molecular weight is 455 g/mol. The zero-order valence-corrected chi connectivity index (χ0v) is 16.8. The maximum absolute atomic E-state index is 14.0. The van der Waals surface area contributed by atoms with Crippen LogP contribution in [-0.4, -0.2) is 51.7 Å². The normalized spacial score (nSPS) is 18.8. The minimum absolute atomic E-state index is 0.0306. The minimum atomic E-state index is -4.57. The van der Waals surface area contributed by atoms with Gasteiger partial charge in [-0.3, -0.25) is 4.79 Å². The average Bonchev–Trinajstić information content (AvgIpc) is 3.13. The Morgan fingerprint density at radius 1 is 1.31 bits per heavy atom. The summed E-state index contributed by atoms with van der Waals surface area (Å²) in [4.78, 5) is 18.7. The van der Waals surface area contributed by atoms with E-state index in [9.17, 15) is 31.9 Å². The van der Waals surface area contributed by atoms with Gasteiger partial charge in [0.1, 0.15) is 0 Å². The lowest BCUT2D eigenvalue weighted by molar-refractivity contribution is -0.137. The third-order valence-corrected chi connectivity index (χ3v) is 5.59. The molecule has 32 heavy (non-hydrogen) atoms. The van der Waals surface area contributed by atoms with Gasteiger partial charge >= 0.3 is 6.18 Å². The van der Waals surface area contributed by atoms with Gasteiger partial charge in [0.25, 0.3) is 17.5 Å². The predicted octanol–water partition coefficient (Wildman–Crippen LogP) is 4.31. The molecule has 1 N–H and O–H groups in total. The van der Waals surface area contributed by atoms with Crippen molar-refractivity contribution >= 4 is 17.0 Å². The van der Waals surface area contributed by atoms with E-state index in [0.29, 0.717) is 5.69 Å². The molecular weight excluding hydrogens is 437 g/mol. The molecule has 0 bridgehead atoms. The molecule has 0 radical (unpaired) electrons. The van der Waals surface area contributed by atoms with Crippen LogP contribution in [0.25, 0.3) is 22.4 Å². The van der Waals surface area contributed by atoms with E-state index in [4.69, 9.17) is 4.52 Å². The number of benzene rings is 1. The molecule has 4 rings (SSSR count). The van der Waals surface area contributed by atoms with E-state index >= 15 is 0 Å². The number of piperidine rings is 1. The number of carbonyl (C=O) groups is 1. The van der Waals surface area contributed by atoms with Crippen LogP contribution in [0.15, 0.2) is 34.9 Å². The van der Waals surface area contributed by atoms with Crippen LogP contribution in [0.4, 0.5) is 22.0 Å². The lowest BCUT2D eigenvalue weighted by atomic mass is 9.93.